The number of carboxylic acid groups (broad SMARTS) is 1. The Hall–Kier alpha value is -1.55. The molecule has 0 spiro atoms. The van der Waals surface area contributed by atoms with Crippen molar-refractivity contribution in [3.8, 4) is 0 Å². The summed E-state index contributed by atoms with van der Waals surface area (Å²) in [6, 6.07) is 5.68. The van der Waals surface area contributed by atoms with Crippen LogP contribution in [0.15, 0.2) is 18.2 Å². The average Bonchev–Trinajstić information content (AvgIpc) is 2.38. The van der Waals surface area contributed by atoms with E-state index in [-0.39, 0.29) is 12.3 Å². The third-order valence-corrected chi connectivity index (χ3v) is 4.01. The minimum Gasteiger partial charge on any atom is -0.480 e. The van der Waals surface area contributed by atoms with Gasteiger partial charge in [0, 0.05) is 18.5 Å². The Balaban J connectivity index is 2.67. The second kappa shape index (κ2) is 6.27. The zero-order chi connectivity index (χ0) is 15.5. The van der Waals surface area contributed by atoms with Crippen molar-refractivity contribution in [1.82, 2.24) is 4.90 Å². The fourth-order valence-corrected chi connectivity index (χ4v) is 1.87. The first-order chi connectivity index (χ1) is 9.16. The molecule has 0 atom stereocenters. The van der Waals surface area contributed by atoms with Gasteiger partial charge in [0.15, 0.2) is 0 Å². The number of carbonyl (C=O) groups excluding carboxylic acids is 1. The number of hydrogen-bond donors (Lipinski definition) is 1. The Morgan fingerprint density at radius 3 is 2.45 bits per heavy atom. The summed E-state index contributed by atoms with van der Waals surface area (Å²) in [5, 5.41) is 9.78. The Morgan fingerprint density at radius 1 is 1.35 bits per heavy atom. The van der Waals surface area contributed by atoms with E-state index < -0.39 is 11.5 Å². The number of benzene rings is 1. The van der Waals surface area contributed by atoms with Crippen LogP contribution in [0, 0.1) is 6.92 Å². The van der Waals surface area contributed by atoms with Gasteiger partial charge in [-0.3, -0.25) is 4.79 Å². The van der Waals surface area contributed by atoms with Gasteiger partial charge in [-0.25, -0.2) is 4.79 Å². The summed E-state index contributed by atoms with van der Waals surface area (Å²) in [5.74, 6) is -1.22. The zero-order valence-electron chi connectivity index (χ0n) is 12.2. The third kappa shape index (κ3) is 3.73. The number of aryl methyl sites for hydroxylation is 2. The standard InChI is InChI=1S/C15H20ClNO3/c1-10-5-6-11(9-12(10)16)7-8-13(18)17(4)15(2,3)14(19)20/h5-6,9H,7-8H2,1-4H3,(H,19,20). The van der Waals surface area contributed by atoms with Crippen LogP contribution in [0.4, 0.5) is 0 Å². The van der Waals surface area contributed by atoms with E-state index in [9.17, 15) is 9.59 Å². The van der Waals surface area contributed by atoms with Crippen molar-refractivity contribution >= 4 is 23.5 Å². The van der Waals surface area contributed by atoms with E-state index in [0.29, 0.717) is 11.4 Å². The van der Waals surface area contributed by atoms with E-state index in [4.69, 9.17) is 16.7 Å². The molecule has 1 aromatic rings. The van der Waals surface area contributed by atoms with Gasteiger partial charge in [-0.1, -0.05) is 23.7 Å². The largest absolute Gasteiger partial charge is 0.480 e. The van der Waals surface area contributed by atoms with E-state index in [0.717, 1.165) is 11.1 Å². The molecule has 1 aromatic carbocycles. The summed E-state index contributed by atoms with van der Waals surface area (Å²) in [4.78, 5) is 24.4. The van der Waals surface area contributed by atoms with Gasteiger partial charge < -0.3 is 10.0 Å². The van der Waals surface area contributed by atoms with E-state index in [2.05, 4.69) is 0 Å². The number of halogens is 1. The maximum atomic E-state index is 12.0. The third-order valence-electron chi connectivity index (χ3n) is 3.60. The molecule has 0 fully saturated rings. The number of hydrogen-bond acceptors (Lipinski definition) is 2. The molecule has 0 aromatic heterocycles. The number of likely N-dealkylation sites (N-methyl/N-ethyl adjacent to an activating group) is 1. The van der Waals surface area contributed by atoms with Crippen molar-refractivity contribution in [2.75, 3.05) is 7.05 Å². The van der Waals surface area contributed by atoms with Gasteiger partial charge in [0.2, 0.25) is 5.91 Å². The van der Waals surface area contributed by atoms with Crippen molar-refractivity contribution in [2.24, 2.45) is 0 Å². The lowest BCUT2D eigenvalue weighted by Crippen LogP contribution is -2.50. The van der Waals surface area contributed by atoms with Gasteiger partial charge in [0.1, 0.15) is 5.54 Å². The first-order valence-corrected chi connectivity index (χ1v) is 6.79. The second-order valence-electron chi connectivity index (χ2n) is 5.40. The van der Waals surface area contributed by atoms with Crippen LogP contribution in [0.2, 0.25) is 5.02 Å². The van der Waals surface area contributed by atoms with Crippen LogP contribution < -0.4 is 0 Å². The Bertz CT molecular complexity index is 526. The van der Waals surface area contributed by atoms with Crippen LogP contribution in [-0.4, -0.2) is 34.5 Å². The van der Waals surface area contributed by atoms with Gasteiger partial charge >= 0.3 is 5.97 Å². The van der Waals surface area contributed by atoms with Crippen LogP contribution >= 0.6 is 11.6 Å². The summed E-state index contributed by atoms with van der Waals surface area (Å²) < 4.78 is 0. The molecule has 5 heteroatoms. The number of carbonyl (C=O) groups is 2. The highest BCUT2D eigenvalue weighted by Gasteiger charge is 2.34. The normalized spacial score (nSPS) is 11.2. The highest BCUT2D eigenvalue weighted by Crippen LogP contribution is 2.19. The molecular weight excluding hydrogens is 278 g/mol. The van der Waals surface area contributed by atoms with Gasteiger partial charge in [0.25, 0.3) is 0 Å². The van der Waals surface area contributed by atoms with E-state index in [1.807, 2.05) is 25.1 Å². The number of nitrogens with zero attached hydrogens (tertiary/aromatic N) is 1. The number of rotatable bonds is 5. The van der Waals surface area contributed by atoms with Gasteiger partial charge in [-0.15, -0.1) is 0 Å². The monoisotopic (exact) mass is 297 g/mol. The van der Waals surface area contributed by atoms with Crippen LogP contribution in [0.5, 0.6) is 0 Å². The topological polar surface area (TPSA) is 57.6 Å². The smallest absolute Gasteiger partial charge is 0.329 e. The molecule has 0 saturated carbocycles. The maximum absolute atomic E-state index is 12.0. The van der Waals surface area contributed by atoms with Gasteiger partial charge in [0.05, 0.1) is 0 Å². The van der Waals surface area contributed by atoms with E-state index >= 15 is 0 Å². The summed E-state index contributed by atoms with van der Waals surface area (Å²) in [5.41, 5.74) is 0.753. The molecule has 0 radical (unpaired) electrons. The van der Waals surface area contributed by atoms with Crippen LogP contribution in [0.1, 0.15) is 31.4 Å². The molecule has 0 aliphatic carbocycles. The first kappa shape index (κ1) is 16.5. The highest BCUT2D eigenvalue weighted by atomic mass is 35.5. The first-order valence-electron chi connectivity index (χ1n) is 6.41. The Kier molecular flexibility index (Phi) is 5.17. The van der Waals surface area contributed by atoms with Crippen LogP contribution in [0.3, 0.4) is 0 Å². The van der Waals surface area contributed by atoms with Crippen molar-refractivity contribution < 1.29 is 14.7 Å². The minimum absolute atomic E-state index is 0.200. The zero-order valence-corrected chi connectivity index (χ0v) is 13.0. The van der Waals surface area contributed by atoms with Crippen molar-refractivity contribution in [3.05, 3.63) is 34.3 Å². The predicted molar refractivity (Wildman–Crippen MR) is 79.0 cm³/mol. The number of amides is 1. The molecule has 0 heterocycles. The molecule has 20 heavy (non-hydrogen) atoms. The van der Waals surface area contributed by atoms with Crippen LogP contribution in [-0.2, 0) is 16.0 Å². The Morgan fingerprint density at radius 2 is 1.95 bits per heavy atom. The molecule has 4 nitrogen and oxygen atoms in total. The van der Waals surface area contributed by atoms with Crippen molar-refractivity contribution in [2.45, 2.75) is 39.2 Å². The molecule has 1 rings (SSSR count). The summed E-state index contributed by atoms with van der Waals surface area (Å²) >= 11 is 6.03. The minimum atomic E-state index is -1.21. The molecule has 0 aliphatic heterocycles. The molecule has 0 bridgehead atoms. The molecule has 110 valence electrons. The summed E-state index contributed by atoms with van der Waals surface area (Å²) in [6.07, 6.45) is 0.797. The average molecular weight is 298 g/mol. The molecular formula is C15H20ClNO3. The van der Waals surface area contributed by atoms with Crippen molar-refractivity contribution in [1.29, 1.82) is 0 Å². The predicted octanol–water partition coefficient (Wildman–Crippen LogP) is 2.90. The molecule has 0 saturated heterocycles. The lowest BCUT2D eigenvalue weighted by atomic mass is 10.0. The maximum Gasteiger partial charge on any atom is 0.329 e. The quantitative estimate of drug-likeness (QED) is 0.909. The molecule has 0 unspecified atom stereocenters. The summed E-state index contributed by atoms with van der Waals surface area (Å²) in [6.45, 7) is 4.94. The van der Waals surface area contributed by atoms with Crippen molar-refractivity contribution in [3.63, 3.8) is 0 Å². The van der Waals surface area contributed by atoms with E-state index in [1.54, 1.807) is 0 Å². The number of carboxylic acids is 1. The lowest BCUT2D eigenvalue weighted by molar-refractivity contribution is -0.155. The SMILES string of the molecule is Cc1ccc(CCC(=O)N(C)C(C)(C)C(=O)O)cc1Cl. The highest BCUT2D eigenvalue weighted by molar-refractivity contribution is 6.31. The second-order valence-corrected chi connectivity index (χ2v) is 5.81. The molecule has 1 amide bonds. The van der Waals surface area contributed by atoms with Gasteiger partial charge in [-0.2, -0.15) is 0 Å². The lowest BCUT2D eigenvalue weighted by Gasteiger charge is -2.31. The Labute approximate surface area is 124 Å². The summed E-state index contributed by atoms with van der Waals surface area (Å²) in [7, 11) is 1.51. The number of aliphatic carboxylic acids is 1. The molecule has 1 N–H and O–H groups in total. The van der Waals surface area contributed by atoms with Gasteiger partial charge in [-0.05, 0) is 44.4 Å². The fourth-order valence-electron chi connectivity index (χ4n) is 1.67. The molecule has 0 aliphatic rings. The fraction of sp³-hybridized carbons (Fsp3) is 0.467. The van der Waals surface area contributed by atoms with Crippen LogP contribution in [0.25, 0.3) is 0 Å². The van der Waals surface area contributed by atoms with E-state index in [1.165, 1.54) is 25.8 Å².